The molecular weight excluding hydrogens is 322 g/mol. The molecule has 2 rings (SSSR count). The fourth-order valence-corrected chi connectivity index (χ4v) is 2.17. The van der Waals surface area contributed by atoms with Gasteiger partial charge in [0.05, 0.1) is 0 Å². The van der Waals surface area contributed by atoms with E-state index in [1.807, 2.05) is 18.2 Å². The second-order valence-corrected chi connectivity index (χ2v) is 5.76. The third kappa shape index (κ3) is 6.13. The van der Waals surface area contributed by atoms with E-state index in [-0.39, 0.29) is 17.9 Å². The van der Waals surface area contributed by atoms with Crippen LogP contribution in [-0.2, 0) is 17.6 Å². The zero-order valence-corrected chi connectivity index (χ0v) is 14.4. The van der Waals surface area contributed by atoms with Crippen LogP contribution in [-0.4, -0.2) is 52.7 Å². The summed E-state index contributed by atoms with van der Waals surface area (Å²) in [6, 6.07) is 7.13. The van der Waals surface area contributed by atoms with E-state index in [4.69, 9.17) is 5.73 Å². The highest BCUT2D eigenvalue weighted by atomic mass is 16.2. The lowest BCUT2D eigenvalue weighted by Gasteiger charge is -2.11. The summed E-state index contributed by atoms with van der Waals surface area (Å²) in [5, 5.41) is 11.9. The average Bonchev–Trinajstić information content (AvgIpc) is 2.98. The number of nitrogens with one attached hydrogen (secondary N) is 3. The van der Waals surface area contributed by atoms with Gasteiger partial charge in [-0.3, -0.25) is 9.89 Å². The number of nitrogens with two attached hydrogens (primary N) is 1. The molecule has 9 nitrogen and oxygen atoms in total. The molecule has 1 heterocycles. The molecule has 0 saturated heterocycles. The number of rotatable bonds is 7. The molecule has 0 aliphatic heterocycles. The molecule has 0 saturated carbocycles. The SMILES string of the molecule is CN(C)C(=O)CCc1cccc(NC(=O)NCCc2nc(N)n[nH]2)c1. The first-order valence-electron chi connectivity index (χ1n) is 7.94. The average molecular weight is 345 g/mol. The van der Waals surface area contributed by atoms with Gasteiger partial charge in [0.15, 0.2) is 0 Å². The van der Waals surface area contributed by atoms with Gasteiger partial charge in [0.2, 0.25) is 11.9 Å². The van der Waals surface area contributed by atoms with Crippen LogP contribution in [0, 0.1) is 0 Å². The highest BCUT2D eigenvalue weighted by Gasteiger charge is 2.06. The van der Waals surface area contributed by atoms with Crippen LogP contribution >= 0.6 is 0 Å². The molecule has 3 amide bonds. The summed E-state index contributed by atoms with van der Waals surface area (Å²) in [7, 11) is 3.47. The topological polar surface area (TPSA) is 129 Å². The van der Waals surface area contributed by atoms with Crippen LogP contribution in [0.1, 0.15) is 17.8 Å². The van der Waals surface area contributed by atoms with Crippen LogP contribution in [0.3, 0.4) is 0 Å². The van der Waals surface area contributed by atoms with E-state index in [2.05, 4.69) is 25.8 Å². The predicted molar refractivity (Wildman–Crippen MR) is 95.0 cm³/mol. The number of aryl methyl sites for hydroxylation is 1. The van der Waals surface area contributed by atoms with Gasteiger partial charge in [-0.25, -0.2) is 4.79 Å². The zero-order valence-electron chi connectivity index (χ0n) is 14.4. The van der Waals surface area contributed by atoms with E-state index in [9.17, 15) is 9.59 Å². The van der Waals surface area contributed by atoms with E-state index in [0.29, 0.717) is 37.3 Å². The Hall–Kier alpha value is -3.10. The number of nitrogen functional groups attached to an aromatic ring is 1. The maximum absolute atomic E-state index is 11.9. The Labute approximate surface area is 146 Å². The van der Waals surface area contributed by atoms with E-state index >= 15 is 0 Å². The van der Waals surface area contributed by atoms with Gasteiger partial charge in [0, 0.05) is 39.2 Å². The number of aromatic amines is 1. The summed E-state index contributed by atoms with van der Waals surface area (Å²) in [5.74, 6) is 0.874. The van der Waals surface area contributed by atoms with Crippen molar-refractivity contribution in [2.24, 2.45) is 0 Å². The molecule has 0 atom stereocenters. The standard InChI is InChI=1S/C16H23N7O2/c1-23(2)14(24)7-6-11-4-3-5-12(10-11)19-16(25)18-9-8-13-20-15(17)22-21-13/h3-5,10H,6-9H2,1-2H3,(H2,18,19,25)(H3,17,20,21,22). The Balaban J connectivity index is 1.78. The lowest BCUT2D eigenvalue weighted by molar-refractivity contribution is -0.128. The zero-order chi connectivity index (χ0) is 18.2. The van der Waals surface area contributed by atoms with Gasteiger partial charge in [-0.2, -0.15) is 4.98 Å². The van der Waals surface area contributed by atoms with Gasteiger partial charge in [-0.1, -0.05) is 12.1 Å². The highest BCUT2D eigenvalue weighted by Crippen LogP contribution is 2.12. The molecule has 2 aromatic rings. The second kappa shape index (κ2) is 8.67. The number of carbonyl (C=O) groups is 2. The third-order valence-corrected chi connectivity index (χ3v) is 3.51. The Kier molecular flexibility index (Phi) is 6.33. The Bertz CT molecular complexity index is 727. The van der Waals surface area contributed by atoms with Crippen LogP contribution < -0.4 is 16.4 Å². The largest absolute Gasteiger partial charge is 0.367 e. The number of nitrogens with zero attached hydrogens (tertiary/aromatic N) is 3. The maximum Gasteiger partial charge on any atom is 0.319 e. The van der Waals surface area contributed by atoms with Crippen molar-refractivity contribution in [3.63, 3.8) is 0 Å². The molecule has 0 fully saturated rings. The molecule has 0 radical (unpaired) electrons. The van der Waals surface area contributed by atoms with E-state index in [1.165, 1.54) is 0 Å². The summed E-state index contributed by atoms with van der Waals surface area (Å²) in [5.41, 5.74) is 7.08. The lowest BCUT2D eigenvalue weighted by Crippen LogP contribution is -2.30. The lowest BCUT2D eigenvalue weighted by atomic mass is 10.1. The van der Waals surface area contributed by atoms with Crippen molar-refractivity contribution in [1.82, 2.24) is 25.4 Å². The number of benzene rings is 1. The summed E-state index contributed by atoms with van der Waals surface area (Å²) >= 11 is 0. The summed E-state index contributed by atoms with van der Waals surface area (Å²) in [4.78, 5) is 29.1. The third-order valence-electron chi connectivity index (χ3n) is 3.51. The van der Waals surface area contributed by atoms with E-state index in [0.717, 1.165) is 5.56 Å². The Morgan fingerprint density at radius 3 is 2.76 bits per heavy atom. The van der Waals surface area contributed by atoms with Crippen LogP contribution in [0.15, 0.2) is 24.3 Å². The Morgan fingerprint density at radius 1 is 1.28 bits per heavy atom. The molecule has 9 heteroatoms. The van der Waals surface area contributed by atoms with Crippen molar-refractivity contribution >= 4 is 23.6 Å². The van der Waals surface area contributed by atoms with Crippen LogP contribution in [0.25, 0.3) is 0 Å². The molecule has 1 aromatic carbocycles. The first-order valence-corrected chi connectivity index (χ1v) is 7.94. The molecule has 0 unspecified atom stereocenters. The molecule has 0 aliphatic rings. The van der Waals surface area contributed by atoms with Gasteiger partial charge in [0.25, 0.3) is 0 Å². The molecule has 0 spiro atoms. The fraction of sp³-hybridized carbons (Fsp3) is 0.375. The van der Waals surface area contributed by atoms with Gasteiger partial charge in [0.1, 0.15) is 5.82 Å². The van der Waals surface area contributed by atoms with Gasteiger partial charge in [-0.05, 0) is 24.1 Å². The second-order valence-electron chi connectivity index (χ2n) is 5.76. The summed E-state index contributed by atoms with van der Waals surface area (Å²) in [6.07, 6.45) is 1.56. The number of aromatic nitrogens is 3. The number of amides is 3. The smallest absolute Gasteiger partial charge is 0.319 e. The predicted octanol–water partition coefficient (Wildman–Crippen LogP) is 0.772. The molecule has 134 valence electrons. The van der Waals surface area contributed by atoms with Crippen molar-refractivity contribution in [3.8, 4) is 0 Å². The number of hydrogen-bond donors (Lipinski definition) is 4. The Morgan fingerprint density at radius 2 is 2.08 bits per heavy atom. The van der Waals surface area contributed by atoms with E-state index < -0.39 is 0 Å². The van der Waals surface area contributed by atoms with Crippen molar-refractivity contribution < 1.29 is 9.59 Å². The first kappa shape index (κ1) is 18.2. The van der Waals surface area contributed by atoms with Crippen molar-refractivity contribution in [2.75, 3.05) is 31.7 Å². The maximum atomic E-state index is 11.9. The van der Waals surface area contributed by atoms with Crippen LogP contribution in [0.4, 0.5) is 16.4 Å². The van der Waals surface area contributed by atoms with Crippen LogP contribution in [0.2, 0.25) is 0 Å². The summed E-state index contributed by atoms with van der Waals surface area (Å²) < 4.78 is 0. The molecule has 25 heavy (non-hydrogen) atoms. The fourth-order valence-electron chi connectivity index (χ4n) is 2.17. The normalized spacial score (nSPS) is 10.3. The number of urea groups is 1. The molecule has 1 aromatic heterocycles. The number of anilines is 2. The van der Waals surface area contributed by atoms with Gasteiger partial charge >= 0.3 is 6.03 Å². The minimum absolute atomic E-state index is 0.0733. The van der Waals surface area contributed by atoms with Crippen molar-refractivity contribution in [3.05, 3.63) is 35.7 Å². The van der Waals surface area contributed by atoms with Crippen LogP contribution in [0.5, 0.6) is 0 Å². The molecule has 5 N–H and O–H groups in total. The first-order chi connectivity index (χ1) is 11.9. The monoisotopic (exact) mass is 345 g/mol. The number of carbonyl (C=O) groups excluding carboxylic acids is 2. The van der Waals surface area contributed by atoms with Crippen molar-refractivity contribution in [2.45, 2.75) is 19.3 Å². The molecular formula is C16H23N7O2. The minimum atomic E-state index is -0.311. The molecule has 0 bridgehead atoms. The van der Waals surface area contributed by atoms with Gasteiger partial charge < -0.3 is 21.3 Å². The van der Waals surface area contributed by atoms with Crippen molar-refractivity contribution in [1.29, 1.82) is 0 Å². The summed E-state index contributed by atoms with van der Waals surface area (Å²) in [6.45, 7) is 0.400. The quantitative estimate of drug-likeness (QED) is 0.589. The minimum Gasteiger partial charge on any atom is -0.367 e. The highest BCUT2D eigenvalue weighted by molar-refractivity contribution is 5.89. The number of hydrogen-bond acceptors (Lipinski definition) is 5. The molecule has 0 aliphatic carbocycles. The van der Waals surface area contributed by atoms with E-state index in [1.54, 1.807) is 25.1 Å². The van der Waals surface area contributed by atoms with Gasteiger partial charge in [-0.15, -0.1) is 5.10 Å². The number of H-pyrrole nitrogens is 1.